The van der Waals surface area contributed by atoms with Crippen LogP contribution in [-0.4, -0.2) is 53.7 Å². The first kappa shape index (κ1) is 20.4. The fraction of sp³-hybridized carbons (Fsp3) is 0.800. The summed E-state index contributed by atoms with van der Waals surface area (Å²) in [6.45, 7) is 12.6. The normalized spacial score (nSPS) is 13.9. The molecule has 0 aromatic rings. The molecular weight excluding hydrogens is 288 g/mol. The van der Waals surface area contributed by atoms with Crippen LogP contribution < -0.4 is 5.32 Å². The van der Waals surface area contributed by atoms with Crippen molar-refractivity contribution in [3.8, 4) is 0 Å². The molecule has 2 unspecified atom stereocenters. The maximum Gasteiger partial charge on any atom is 0.342 e. The lowest BCUT2D eigenvalue weighted by molar-refractivity contribution is -0.170. The van der Waals surface area contributed by atoms with Gasteiger partial charge in [0, 0.05) is 19.0 Å². The smallest absolute Gasteiger partial charge is 0.342 e. The number of nitrogens with one attached hydrogen (secondary N) is 1. The molecule has 128 valence electrons. The Morgan fingerprint density at radius 1 is 1.00 bits per heavy atom. The molecule has 0 aliphatic heterocycles. The standard InChI is InChI=1S/C15H28N2O5/c1-8-21-14(19)13(16-11(6)18)15(20)22-12(7)17(9(2)3)10(4)5/h9-10,12-13H,8H2,1-7H3,(H,16,18). The van der Waals surface area contributed by atoms with Gasteiger partial charge < -0.3 is 14.8 Å². The summed E-state index contributed by atoms with van der Waals surface area (Å²) < 4.78 is 10.1. The van der Waals surface area contributed by atoms with E-state index in [1.54, 1.807) is 13.8 Å². The van der Waals surface area contributed by atoms with Gasteiger partial charge in [-0.05, 0) is 41.5 Å². The van der Waals surface area contributed by atoms with E-state index in [1.807, 2.05) is 32.6 Å². The molecule has 7 heteroatoms. The molecule has 0 aromatic heterocycles. The van der Waals surface area contributed by atoms with Gasteiger partial charge >= 0.3 is 11.9 Å². The second kappa shape index (κ2) is 9.40. The number of hydrogen-bond donors (Lipinski definition) is 1. The molecule has 0 bridgehead atoms. The molecule has 2 atom stereocenters. The van der Waals surface area contributed by atoms with Crippen LogP contribution in [0.15, 0.2) is 0 Å². The third-order valence-corrected chi connectivity index (χ3v) is 3.00. The highest BCUT2D eigenvalue weighted by Gasteiger charge is 2.33. The SMILES string of the molecule is CCOC(=O)C(NC(C)=O)C(=O)OC(C)N(C(C)C)C(C)C. The van der Waals surface area contributed by atoms with Crippen LogP contribution >= 0.6 is 0 Å². The van der Waals surface area contributed by atoms with Crippen LogP contribution in [0.5, 0.6) is 0 Å². The number of nitrogens with zero attached hydrogens (tertiary/aromatic N) is 1. The van der Waals surface area contributed by atoms with E-state index < -0.39 is 30.1 Å². The number of rotatable bonds is 8. The molecule has 1 amide bonds. The van der Waals surface area contributed by atoms with Gasteiger partial charge in [0.05, 0.1) is 6.61 Å². The molecule has 0 aliphatic rings. The molecular formula is C15H28N2O5. The van der Waals surface area contributed by atoms with E-state index in [0.29, 0.717) is 0 Å². The van der Waals surface area contributed by atoms with Crippen LogP contribution in [-0.2, 0) is 23.9 Å². The van der Waals surface area contributed by atoms with Crippen LogP contribution in [0.2, 0.25) is 0 Å². The Kier molecular flexibility index (Phi) is 8.70. The maximum atomic E-state index is 12.2. The zero-order valence-electron chi connectivity index (χ0n) is 14.5. The Hall–Kier alpha value is -1.63. The van der Waals surface area contributed by atoms with Crippen LogP contribution in [0.25, 0.3) is 0 Å². The first-order valence-corrected chi connectivity index (χ1v) is 7.53. The average Bonchev–Trinajstić information content (AvgIpc) is 2.34. The molecule has 0 aromatic carbocycles. The number of carbonyl (C=O) groups excluding carboxylic acids is 3. The monoisotopic (exact) mass is 316 g/mol. The van der Waals surface area contributed by atoms with Crippen molar-refractivity contribution in [1.82, 2.24) is 10.2 Å². The zero-order valence-corrected chi connectivity index (χ0v) is 14.5. The van der Waals surface area contributed by atoms with E-state index in [-0.39, 0.29) is 18.7 Å². The average molecular weight is 316 g/mol. The number of carbonyl (C=O) groups is 3. The van der Waals surface area contributed by atoms with E-state index in [0.717, 1.165) is 0 Å². The predicted octanol–water partition coefficient (Wildman–Crippen LogP) is 1.06. The van der Waals surface area contributed by atoms with Gasteiger partial charge in [0.2, 0.25) is 11.9 Å². The van der Waals surface area contributed by atoms with Crippen molar-refractivity contribution in [3.63, 3.8) is 0 Å². The zero-order chi connectivity index (χ0) is 17.4. The number of esters is 2. The third kappa shape index (κ3) is 6.43. The highest BCUT2D eigenvalue weighted by Crippen LogP contribution is 2.12. The van der Waals surface area contributed by atoms with Crippen LogP contribution in [0.4, 0.5) is 0 Å². The molecule has 1 N–H and O–H groups in total. The first-order chi connectivity index (χ1) is 10.1. The molecule has 0 saturated carbocycles. The number of amides is 1. The van der Waals surface area contributed by atoms with Gasteiger partial charge in [-0.1, -0.05) is 0 Å². The van der Waals surface area contributed by atoms with Crippen LogP contribution in [0.3, 0.4) is 0 Å². The van der Waals surface area contributed by atoms with E-state index in [4.69, 9.17) is 9.47 Å². The Labute approximate surface area is 132 Å². The van der Waals surface area contributed by atoms with Crippen LogP contribution in [0.1, 0.15) is 48.5 Å². The highest BCUT2D eigenvalue weighted by atomic mass is 16.6. The molecule has 0 heterocycles. The second-order valence-electron chi connectivity index (χ2n) is 5.56. The summed E-state index contributed by atoms with van der Waals surface area (Å²) in [4.78, 5) is 37.1. The van der Waals surface area contributed by atoms with Crippen molar-refractivity contribution in [3.05, 3.63) is 0 Å². The molecule has 0 radical (unpaired) electrons. The molecule has 0 aliphatic carbocycles. The Morgan fingerprint density at radius 3 is 1.86 bits per heavy atom. The highest BCUT2D eigenvalue weighted by molar-refractivity contribution is 6.02. The van der Waals surface area contributed by atoms with E-state index in [2.05, 4.69) is 5.32 Å². The minimum Gasteiger partial charge on any atom is -0.464 e. The fourth-order valence-electron chi connectivity index (χ4n) is 2.38. The van der Waals surface area contributed by atoms with Gasteiger partial charge in [0.25, 0.3) is 0 Å². The summed E-state index contributed by atoms with van der Waals surface area (Å²) in [5.41, 5.74) is 0. The summed E-state index contributed by atoms with van der Waals surface area (Å²) in [6, 6.07) is -1.13. The summed E-state index contributed by atoms with van der Waals surface area (Å²) in [6.07, 6.45) is -0.529. The van der Waals surface area contributed by atoms with Gasteiger partial charge in [0.1, 0.15) is 0 Å². The third-order valence-electron chi connectivity index (χ3n) is 3.00. The Balaban J connectivity index is 5.00. The maximum absolute atomic E-state index is 12.2. The van der Waals surface area contributed by atoms with Crippen molar-refractivity contribution in [2.45, 2.75) is 72.8 Å². The molecule has 7 nitrogen and oxygen atoms in total. The number of ether oxygens (including phenoxy) is 2. The van der Waals surface area contributed by atoms with Gasteiger partial charge in [-0.2, -0.15) is 0 Å². The summed E-state index contributed by atoms with van der Waals surface area (Å²) in [7, 11) is 0. The van der Waals surface area contributed by atoms with E-state index >= 15 is 0 Å². The lowest BCUT2D eigenvalue weighted by Gasteiger charge is -2.35. The van der Waals surface area contributed by atoms with Crippen molar-refractivity contribution in [2.24, 2.45) is 0 Å². The van der Waals surface area contributed by atoms with Gasteiger partial charge in [-0.3, -0.25) is 9.69 Å². The fourth-order valence-corrected chi connectivity index (χ4v) is 2.38. The summed E-state index contributed by atoms with van der Waals surface area (Å²) in [5, 5.41) is 2.26. The minimum absolute atomic E-state index is 0.113. The van der Waals surface area contributed by atoms with Crippen molar-refractivity contribution in [1.29, 1.82) is 0 Å². The van der Waals surface area contributed by atoms with Gasteiger partial charge in [0.15, 0.2) is 6.23 Å². The summed E-state index contributed by atoms with van der Waals surface area (Å²) >= 11 is 0. The molecule has 0 rings (SSSR count). The molecule has 0 spiro atoms. The molecule has 0 fully saturated rings. The van der Waals surface area contributed by atoms with Crippen molar-refractivity contribution in [2.75, 3.05) is 6.61 Å². The second-order valence-corrected chi connectivity index (χ2v) is 5.56. The van der Waals surface area contributed by atoms with Crippen molar-refractivity contribution >= 4 is 17.8 Å². The van der Waals surface area contributed by atoms with E-state index in [9.17, 15) is 14.4 Å². The lowest BCUT2D eigenvalue weighted by atomic mass is 10.2. The topological polar surface area (TPSA) is 84.9 Å². The van der Waals surface area contributed by atoms with Crippen molar-refractivity contribution < 1.29 is 23.9 Å². The van der Waals surface area contributed by atoms with Crippen LogP contribution in [0, 0.1) is 0 Å². The Bertz CT molecular complexity index is 387. The molecule has 0 saturated heterocycles. The van der Waals surface area contributed by atoms with E-state index in [1.165, 1.54) is 6.92 Å². The van der Waals surface area contributed by atoms with Gasteiger partial charge in [-0.25, -0.2) is 9.59 Å². The minimum atomic E-state index is -1.44. The quantitative estimate of drug-likeness (QED) is 0.409. The Morgan fingerprint density at radius 2 is 1.50 bits per heavy atom. The lowest BCUT2D eigenvalue weighted by Crippen LogP contribution is -2.51. The van der Waals surface area contributed by atoms with Gasteiger partial charge in [-0.15, -0.1) is 0 Å². The summed E-state index contributed by atoms with van der Waals surface area (Å²) in [5.74, 6) is -2.16. The number of hydrogen-bond acceptors (Lipinski definition) is 6. The largest absolute Gasteiger partial charge is 0.464 e. The predicted molar refractivity (Wildman–Crippen MR) is 81.9 cm³/mol. The first-order valence-electron chi connectivity index (χ1n) is 7.53. The molecule has 22 heavy (non-hydrogen) atoms.